The predicted molar refractivity (Wildman–Crippen MR) is 108 cm³/mol. The molecule has 0 spiro atoms. The summed E-state index contributed by atoms with van der Waals surface area (Å²) >= 11 is 0.194. The number of carbonyl (C=O) groups is 2. The Kier molecular flexibility index (Phi) is 5.86. The van der Waals surface area contributed by atoms with Crippen molar-refractivity contribution in [3.05, 3.63) is 51.3 Å². The Labute approximate surface area is 188 Å². The fourth-order valence-electron chi connectivity index (χ4n) is 3.51. The van der Waals surface area contributed by atoms with E-state index in [0.29, 0.717) is 36.3 Å². The molecule has 0 aliphatic carbocycles. The first-order chi connectivity index (χ1) is 15.6. The molecule has 0 aromatic carbocycles. The lowest BCUT2D eigenvalue weighted by molar-refractivity contribution is -0.138. The molecule has 1 N–H and O–H groups in total. The molecule has 3 aromatic rings. The van der Waals surface area contributed by atoms with E-state index in [0.717, 1.165) is 0 Å². The van der Waals surface area contributed by atoms with E-state index in [1.54, 1.807) is 24.8 Å². The van der Waals surface area contributed by atoms with Gasteiger partial charge in [-0.05, 0) is 25.0 Å². The zero-order valence-electron chi connectivity index (χ0n) is 17.4. The van der Waals surface area contributed by atoms with Gasteiger partial charge in [0.2, 0.25) is 16.1 Å². The number of aromatic nitrogens is 5. The average molecular weight is 483 g/mol. The van der Waals surface area contributed by atoms with E-state index in [1.807, 2.05) is 0 Å². The maximum absolute atomic E-state index is 13.3. The van der Waals surface area contributed by atoms with Gasteiger partial charge >= 0.3 is 6.18 Å². The Hall–Kier alpha value is -3.42. The molecule has 33 heavy (non-hydrogen) atoms. The average Bonchev–Trinajstić information content (AvgIpc) is 3.36. The minimum Gasteiger partial charge on any atom is -0.331 e. The van der Waals surface area contributed by atoms with Crippen LogP contribution < -0.4 is 5.32 Å². The van der Waals surface area contributed by atoms with Gasteiger partial charge in [0.1, 0.15) is 5.69 Å². The van der Waals surface area contributed by atoms with Crippen molar-refractivity contribution in [2.75, 3.05) is 11.9 Å². The van der Waals surface area contributed by atoms with Crippen LogP contribution in [0.4, 0.5) is 22.7 Å². The molecular weight excluding hydrogens is 466 g/mol. The highest BCUT2D eigenvalue weighted by molar-refractivity contribution is 7.15. The fraction of sp³-hybridized carbons (Fsp3) is 0.368. The van der Waals surface area contributed by atoms with Gasteiger partial charge in [0.05, 0.1) is 6.54 Å². The maximum Gasteiger partial charge on any atom is 0.445 e. The summed E-state index contributed by atoms with van der Waals surface area (Å²) in [5.74, 6) is -1.75. The first-order valence-electron chi connectivity index (χ1n) is 9.81. The number of nitrogens with zero attached hydrogens (tertiary/aromatic N) is 6. The summed E-state index contributed by atoms with van der Waals surface area (Å²) in [6, 6.07) is 2.78. The van der Waals surface area contributed by atoms with Crippen LogP contribution in [0.5, 0.6) is 0 Å². The van der Waals surface area contributed by atoms with Gasteiger partial charge in [0.25, 0.3) is 11.8 Å². The molecule has 0 unspecified atom stereocenters. The Morgan fingerprint density at radius 1 is 1.24 bits per heavy atom. The highest BCUT2D eigenvalue weighted by Gasteiger charge is 2.36. The Morgan fingerprint density at radius 2 is 2.00 bits per heavy atom. The first kappa shape index (κ1) is 22.8. The van der Waals surface area contributed by atoms with Crippen molar-refractivity contribution in [2.24, 2.45) is 0 Å². The number of alkyl halides is 3. The van der Waals surface area contributed by atoms with E-state index in [-0.39, 0.29) is 40.3 Å². The Bertz CT molecular complexity index is 1240. The lowest BCUT2D eigenvalue weighted by Gasteiger charge is -2.28. The molecule has 1 aliphatic heterocycles. The molecule has 0 fully saturated rings. The van der Waals surface area contributed by atoms with Crippen molar-refractivity contribution in [1.82, 2.24) is 29.9 Å². The van der Waals surface area contributed by atoms with Gasteiger partial charge in [0, 0.05) is 24.3 Å². The predicted octanol–water partition coefficient (Wildman–Crippen LogP) is 3.07. The summed E-state index contributed by atoms with van der Waals surface area (Å²) in [6.45, 7) is 4.21. The van der Waals surface area contributed by atoms with Crippen molar-refractivity contribution < 1.29 is 27.2 Å². The third kappa shape index (κ3) is 4.42. The van der Waals surface area contributed by atoms with Gasteiger partial charge in [-0.25, -0.2) is 4.98 Å². The van der Waals surface area contributed by atoms with E-state index >= 15 is 0 Å². The molecule has 1 aliphatic rings. The van der Waals surface area contributed by atoms with Gasteiger partial charge in [-0.15, -0.1) is 10.2 Å². The zero-order chi connectivity index (χ0) is 23.9. The van der Waals surface area contributed by atoms with Gasteiger partial charge < -0.3 is 4.90 Å². The van der Waals surface area contributed by atoms with Crippen LogP contribution in [0.25, 0.3) is 0 Å². The fourth-order valence-corrected chi connectivity index (χ4v) is 4.12. The second-order valence-electron chi connectivity index (χ2n) is 7.22. The number of rotatable bonds is 5. The third-order valence-electron chi connectivity index (χ3n) is 5.10. The van der Waals surface area contributed by atoms with Crippen molar-refractivity contribution >= 4 is 28.3 Å². The normalized spacial score (nSPS) is 13.9. The highest BCUT2D eigenvalue weighted by atomic mass is 32.1. The van der Waals surface area contributed by atoms with Crippen LogP contribution in [-0.4, -0.2) is 48.2 Å². The number of halogens is 4. The monoisotopic (exact) mass is 483 g/mol. The molecule has 0 radical (unpaired) electrons. The van der Waals surface area contributed by atoms with E-state index in [4.69, 9.17) is 0 Å². The van der Waals surface area contributed by atoms with Gasteiger partial charge in [0.15, 0.2) is 5.69 Å². The lowest BCUT2D eigenvalue weighted by Crippen LogP contribution is -2.40. The van der Waals surface area contributed by atoms with Gasteiger partial charge in [-0.1, -0.05) is 24.3 Å². The van der Waals surface area contributed by atoms with Crippen molar-refractivity contribution in [3.8, 4) is 0 Å². The molecule has 9 nitrogen and oxygen atoms in total. The number of fused-ring (bicyclic) bond motifs is 1. The molecule has 0 saturated heterocycles. The van der Waals surface area contributed by atoms with Crippen LogP contribution >= 0.6 is 11.3 Å². The van der Waals surface area contributed by atoms with Crippen LogP contribution in [0.1, 0.15) is 49.7 Å². The smallest absolute Gasteiger partial charge is 0.331 e. The maximum atomic E-state index is 13.3. The van der Waals surface area contributed by atoms with Crippen LogP contribution in [-0.2, 0) is 25.7 Å². The lowest BCUT2D eigenvalue weighted by atomic mass is 10.1. The second kappa shape index (κ2) is 8.50. The number of carbonyl (C=O) groups excluding carboxylic acids is 2. The minimum atomic E-state index is -4.67. The van der Waals surface area contributed by atoms with E-state index in [2.05, 4.69) is 25.6 Å². The van der Waals surface area contributed by atoms with Crippen LogP contribution in [0.3, 0.4) is 0 Å². The van der Waals surface area contributed by atoms with Crippen LogP contribution in [0.2, 0.25) is 0 Å². The number of pyridine rings is 1. The summed E-state index contributed by atoms with van der Waals surface area (Å²) in [6.07, 6.45) is -4.38. The number of anilines is 1. The molecule has 4 rings (SSSR count). The summed E-state index contributed by atoms with van der Waals surface area (Å²) in [7, 11) is 0. The van der Waals surface area contributed by atoms with E-state index < -0.39 is 23.0 Å². The molecule has 0 saturated carbocycles. The molecule has 2 amide bonds. The number of hydrogen-bond acceptors (Lipinski definition) is 7. The summed E-state index contributed by atoms with van der Waals surface area (Å²) in [5, 5.41) is 11.4. The van der Waals surface area contributed by atoms with Crippen molar-refractivity contribution in [1.29, 1.82) is 0 Å². The standard InChI is InChI=1S/C19H17F4N7O2S/c1-3-11-13(15(31)25-18-27-26-17(33-18)19(21,22)23)28-30-7-6-29(16(32)14(11)30)8-10-4-5-12(20)24-9(10)2/h4-5H,3,6-8H2,1-2H3,(H,25,27,31). The second-order valence-corrected chi connectivity index (χ2v) is 8.20. The third-order valence-corrected chi connectivity index (χ3v) is 5.98. The van der Waals surface area contributed by atoms with Crippen LogP contribution in [0.15, 0.2) is 12.1 Å². The van der Waals surface area contributed by atoms with Gasteiger partial charge in [-0.3, -0.25) is 19.6 Å². The highest BCUT2D eigenvalue weighted by Crippen LogP contribution is 2.33. The van der Waals surface area contributed by atoms with Crippen molar-refractivity contribution in [2.45, 2.75) is 39.5 Å². The first-order valence-corrected chi connectivity index (χ1v) is 10.6. The molecule has 14 heteroatoms. The van der Waals surface area contributed by atoms with Crippen molar-refractivity contribution in [3.63, 3.8) is 0 Å². The molecular formula is C19H17F4N7O2S. The summed E-state index contributed by atoms with van der Waals surface area (Å²) in [4.78, 5) is 31.2. The number of nitrogens with one attached hydrogen (secondary N) is 1. The molecule has 4 heterocycles. The Morgan fingerprint density at radius 3 is 2.64 bits per heavy atom. The SMILES string of the molecule is CCc1c(C(=O)Nc2nnc(C(F)(F)F)s2)nn2c1C(=O)N(Cc1ccc(F)nc1C)CC2. The Balaban J connectivity index is 1.58. The summed E-state index contributed by atoms with van der Waals surface area (Å²) in [5.41, 5.74) is 1.69. The molecule has 0 atom stereocenters. The number of hydrogen-bond donors (Lipinski definition) is 1. The zero-order valence-corrected chi connectivity index (χ0v) is 18.2. The summed E-state index contributed by atoms with van der Waals surface area (Å²) < 4.78 is 52.9. The van der Waals surface area contributed by atoms with E-state index in [9.17, 15) is 27.2 Å². The number of amides is 2. The topological polar surface area (TPSA) is 106 Å². The van der Waals surface area contributed by atoms with Gasteiger partial charge in [-0.2, -0.15) is 22.7 Å². The van der Waals surface area contributed by atoms with E-state index in [1.165, 1.54) is 10.7 Å². The minimum absolute atomic E-state index is 0.0638. The molecule has 0 bridgehead atoms. The largest absolute Gasteiger partial charge is 0.445 e. The molecule has 174 valence electrons. The quantitative estimate of drug-likeness (QED) is 0.442. The molecule has 3 aromatic heterocycles. The number of aryl methyl sites for hydroxylation is 1. The van der Waals surface area contributed by atoms with Crippen LogP contribution in [0, 0.1) is 12.9 Å².